The average Bonchev–Trinajstić information content (AvgIpc) is 2.71. The number of halogens is 5. The molecule has 3 N–H and O–H groups in total. The average molecular weight is 507 g/mol. The normalized spacial score (nSPS) is 19.2. The van der Waals surface area contributed by atoms with Gasteiger partial charge in [0.2, 0.25) is 5.95 Å². The molecule has 160 valence electrons. The van der Waals surface area contributed by atoms with Crippen LogP contribution in [-0.4, -0.2) is 34.3 Å². The third-order valence-electron chi connectivity index (χ3n) is 4.47. The molecule has 12 heteroatoms. The highest BCUT2D eigenvalue weighted by Gasteiger charge is 2.34. The molecule has 2 atom stereocenters. The minimum Gasteiger partial charge on any atom is -0.392 e. The summed E-state index contributed by atoms with van der Waals surface area (Å²) in [5.41, 5.74) is -0.852. The molecule has 30 heavy (non-hydrogen) atoms. The van der Waals surface area contributed by atoms with Gasteiger partial charge in [-0.3, -0.25) is 0 Å². The highest BCUT2D eigenvalue weighted by Crippen LogP contribution is 2.39. The fraction of sp³-hybridized carbons (Fsp3) is 0.389. The number of hydrogen-bond donors (Lipinski definition) is 3. The SMILES string of the molecule is N#C[C@@H]1CCOC[C@H]1Nc1nc(Nc2cc(CO)c(Br)c(C(F)(F)F)c2)ncc1Cl. The van der Waals surface area contributed by atoms with Crippen molar-refractivity contribution in [3.63, 3.8) is 0 Å². The van der Waals surface area contributed by atoms with Crippen LogP contribution in [0.15, 0.2) is 22.8 Å². The van der Waals surface area contributed by atoms with Crippen LogP contribution in [-0.2, 0) is 17.5 Å². The van der Waals surface area contributed by atoms with Gasteiger partial charge in [0.25, 0.3) is 0 Å². The van der Waals surface area contributed by atoms with Gasteiger partial charge in [0.05, 0.1) is 43.0 Å². The number of aliphatic hydroxyl groups excluding tert-OH is 1. The molecule has 1 aliphatic heterocycles. The molecule has 7 nitrogen and oxygen atoms in total. The predicted molar refractivity (Wildman–Crippen MR) is 107 cm³/mol. The monoisotopic (exact) mass is 505 g/mol. The van der Waals surface area contributed by atoms with Gasteiger partial charge in [-0.05, 0) is 40.0 Å². The van der Waals surface area contributed by atoms with Gasteiger partial charge in [-0.1, -0.05) is 11.6 Å². The molecule has 1 aliphatic rings. The lowest BCUT2D eigenvalue weighted by Crippen LogP contribution is -2.38. The number of aliphatic hydroxyl groups is 1. The maximum absolute atomic E-state index is 13.3. The van der Waals surface area contributed by atoms with Crippen LogP contribution in [0.2, 0.25) is 5.02 Å². The predicted octanol–water partition coefficient (Wildman–Crippen LogP) is 4.49. The summed E-state index contributed by atoms with van der Waals surface area (Å²) in [5, 5.41) is 24.6. The Hall–Kier alpha value is -2.13. The quantitative estimate of drug-likeness (QED) is 0.549. The van der Waals surface area contributed by atoms with Gasteiger partial charge >= 0.3 is 6.18 Å². The standard InChI is InChI=1S/C18H16BrClF3N5O2/c19-15-10(7-29)3-11(4-12(15)18(21,22)23)26-17-25-6-13(20)16(28-17)27-14-8-30-2-1-9(14)5-24/h3-4,6,9,14,29H,1-2,7-8H2,(H2,25,26,27,28)/t9-,14+/m0/s1. The van der Waals surface area contributed by atoms with Crippen molar-refractivity contribution < 1.29 is 23.0 Å². The van der Waals surface area contributed by atoms with E-state index in [1.54, 1.807) is 0 Å². The van der Waals surface area contributed by atoms with Crippen molar-refractivity contribution in [3.05, 3.63) is 39.0 Å². The lowest BCUT2D eigenvalue weighted by atomic mass is 9.96. The van der Waals surface area contributed by atoms with E-state index in [2.05, 4.69) is 42.6 Å². The van der Waals surface area contributed by atoms with Crippen molar-refractivity contribution >= 4 is 45.0 Å². The number of benzene rings is 1. The Balaban J connectivity index is 1.88. The van der Waals surface area contributed by atoms with E-state index in [-0.39, 0.29) is 44.5 Å². The van der Waals surface area contributed by atoms with Crippen LogP contribution in [0, 0.1) is 17.2 Å². The van der Waals surface area contributed by atoms with E-state index in [0.29, 0.717) is 19.6 Å². The minimum atomic E-state index is -4.62. The summed E-state index contributed by atoms with van der Waals surface area (Å²) in [5.74, 6) is -0.0824. The number of nitriles is 1. The van der Waals surface area contributed by atoms with Gasteiger partial charge in [0.15, 0.2) is 5.82 Å². The molecule has 1 saturated heterocycles. The van der Waals surface area contributed by atoms with Crippen LogP contribution < -0.4 is 10.6 Å². The number of nitrogens with zero attached hydrogens (tertiary/aromatic N) is 3. The molecular formula is C18H16BrClF3N5O2. The molecule has 0 amide bonds. The Morgan fingerprint density at radius 2 is 2.17 bits per heavy atom. The van der Waals surface area contributed by atoms with Crippen LogP contribution in [0.1, 0.15) is 17.5 Å². The van der Waals surface area contributed by atoms with E-state index >= 15 is 0 Å². The maximum atomic E-state index is 13.3. The van der Waals surface area contributed by atoms with Gasteiger partial charge < -0.3 is 20.5 Å². The van der Waals surface area contributed by atoms with Crippen molar-refractivity contribution in [2.75, 3.05) is 23.8 Å². The number of aromatic nitrogens is 2. The number of alkyl halides is 3. The molecule has 0 bridgehead atoms. The highest BCUT2D eigenvalue weighted by atomic mass is 79.9. The Kier molecular flexibility index (Phi) is 7.02. The molecule has 2 heterocycles. The van der Waals surface area contributed by atoms with Crippen LogP contribution in [0.4, 0.5) is 30.6 Å². The zero-order valence-corrected chi connectivity index (χ0v) is 17.6. The molecule has 1 fully saturated rings. The van der Waals surface area contributed by atoms with Gasteiger partial charge in [-0.25, -0.2) is 4.98 Å². The molecule has 0 radical (unpaired) electrons. The number of hydrogen-bond acceptors (Lipinski definition) is 7. The number of ether oxygens (including phenoxy) is 1. The Labute approximate surface area is 183 Å². The van der Waals surface area contributed by atoms with Crippen LogP contribution in [0.3, 0.4) is 0 Å². The molecule has 2 aromatic rings. The van der Waals surface area contributed by atoms with Crippen molar-refractivity contribution in [1.82, 2.24) is 9.97 Å². The minimum absolute atomic E-state index is 0.00790. The molecule has 0 saturated carbocycles. The molecule has 3 rings (SSSR count). The number of anilines is 3. The van der Waals surface area contributed by atoms with Crippen LogP contribution in [0.5, 0.6) is 0 Å². The van der Waals surface area contributed by atoms with Crippen LogP contribution in [0.25, 0.3) is 0 Å². The summed E-state index contributed by atoms with van der Waals surface area (Å²) in [6.45, 7) is 0.187. The van der Waals surface area contributed by atoms with E-state index in [0.717, 1.165) is 6.07 Å². The fourth-order valence-electron chi connectivity index (χ4n) is 2.95. The first-order valence-electron chi connectivity index (χ1n) is 8.77. The van der Waals surface area contributed by atoms with Crippen molar-refractivity contribution in [1.29, 1.82) is 5.26 Å². The molecular weight excluding hydrogens is 491 g/mol. The van der Waals surface area contributed by atoms with Crippen molar-refractivity contribution in [3.8, 4) is 6.07 Å². The highest BCUT2D eigenvalue weighted by molar-refractivity contribution is 9.10. The zero-order valence-electron chi connectivity index (χ0n) is 15.3. The number of nitrogens with one attached hydrogen (secondary N) is 2. The Morgan fingerprint density at radius 1 is 1.40 bits per heavy atom. The molecule has 1 aromatic heterocycles. The van der Waals surface area contributed by atoms with E-state index in [4.69, 9.17) is 16.3 Å². The zero-order chi connectivity index (χ0) is 21.9. The first kappa shape index (κ1) is 22.6. The van der Waals surface area contributed by atoms with Crippen LogP contribution >= 0.6 is 27.5 Å². The van der Waals surface area contributed by atoms with Gasteiger partial charge in [0, 0.05) is 16.8 Å². The molecule has 0 aliphatic carbocycles. The summed E-state index contributed by atoms with van der Waals surface area (Å²) in [6, 6.07) is 4.10. The summed E-state index contributed by atoms with van der Waals surface area (Å²) >= 11 is 9.02. The lowest BCUT2D eigenvalue weighted by Gasteiger charge is -2.28. The van der Waals surface area contributed by atoms with Gasteiger partial charge in [0.1, 0.15) is 5.02 Å². The lowest BCUT2D eigenvalue weighted by molar-refractivity contribution is -0.138. The second-order valence-electron chi connectivity index (χ2n) is 6.52. The van der Waals surface area contributed by atoms with Gasteiger partial charge in [-0.2, -0.15) is 23.4 Å². The van der Waals surface area contributed by atoms with E-state index in [1.807, 2.05) is 0 Å². The topological polar surface area (TPSA) is 103 Å². The second kappa shape index (κ2) is 9.34. The van der Waals surface area contributed by atoms with E-state index in [1.165, 1.54) is 12.3 Å². The number of rotatable bonds is 5. The smallest absolute Gasteiger partial charge is 0.392 e. The van der Waals surface area contributed by atoms with Crippen molar-refractivity contribution in [2.24, 2.45) is 5.92 Å². The molecule has 1 aromatic carbocycles. The second-order valence-corrected chi connectivity index (χ2v) is 7.72. The Morgan fingerprint density at radius 3 is 2.83 bits per heavy atom. The summed E-state index contributed by atoms with van der Waals surface area (Å²) < 4.78 is 45.0. The summed E-state index contributed by atoms with van der Waals surface area (Å²) in [6.07, 6.45) is -2.77. The van der Waals surface area contributed by atoms with E-state index < -0.39 is 18.3 Å². The summed E-state index contributed by atoms with van der Waals surface area (Å²) in [7, 11) is 0. The molecule has 0 unspecified atom stereocenters. The fourth-order valence-corrected chi connectivity index (χ4v) is 3.67. The third-order valence-corrected chi connectivity index (χ3v) is 5.68. The first-order chi connectivity index (χ1) is 14.2. The maximum Gasteiger partial charge on any atom is 0.417 e. The first-order valence-corrected chi connectivity index (χ1v) is 9.94. The summed E-state index contributed by atoms with van der Waals surface area (Å²) in [4.78, 5) is 8.20. The van der Waals surface area contributed by atoms with Crippen molar-refractivity contribution in [2.45, 2.75) is 25.2 Å². The Bertz CT molecular complexity index is 970. The van der Waals surface area contributed by atoms with E-state index in [9.17, 15) is 23.5 Å². The molecule has 0 spiro atoms. The third kappa shape index (κ3) is 5.13. The van der Waals surface area contributed by atoms with Gasteiger partial charge in [-0.15, -0.1) is 0 Å². The largest absolute Gasteiger partial charge is 0.417 e.